The average molecular weight is 632 g/mol. The van der Waals surface area contributed by atoms with Crippen LogP contribution in [0.25, 0.3) is 5.65 Å². The number of hydrogen-bond acceptors (Lipinski definition) is 12. The Labute approximate surface area is 255 Å². The van der Waals surface area contributed by atoms with Crippen LogP contribution in [-0.2, 0) is 17.9 Å². The van der Waals surface area contributed by atoms with Crippen LogP contribution in [0.1, 0.15) is 54.1 Å². The number of amides is 3. The van der Waals surface area contributed by atoms with Crippen molar-refractivity contribution < 1.29 is 33.8 Å². The third-order valence-electron chi connectivity index (χ3n) is 6.84. The average Bonchev–Trinajstić information content (AvgIpc) is 3.42. The van der Waals surface area contributed by atoms with Crippen LogP contribution in [0.15, 0.2) is 58.1 Å². The molecule has 18 heteroatoms. The second-order valence-corrected chi connectivity index (χ2v) is 9.82. The van der Waals surface area contributed by atoms with Gasteiger partial charge in [0.25, 0.3) is 28.6 Å². The van der Waals surface area contributed by atoms with Crippen molar-refractivity contribution in [1.82, 2.24) is 30.4 Å². The number of aromatic nitrogens is 4. The molecule has 5 rings (SSSR count). The molecule has 0 saturated carbocycles. The molecular formula is C28H22FN9O8. The van der Waals surface area contributed by atoms with Gasteiger partial charge >= 0.3 is 5.97 Å². The maximum Gasteiger partial charge on any atom is 0.335 e. The summed E-state index contributed by atoms with van der Waals surface area (Å²) in [6.45, 7) is -0.336. The summed E-state index contributed by atoms with van der Waals surface area (Å²) in [5.74, 6) is -5.33. The molecule has 3 amide bonds. The van der Waals surface area contributed by atoms with Gasteiger partial charge in [-0.15, -0.1) is 0 Å². The first-order chi connectivity index (χ1) is 21.8. The first-order valence-electron chi connectivity index (χ1n) is 13.1. The maximum absolute atomic E-state index is 14.4. The zero-order valence-electron chi connectivity index (χ0n) is 23.3. The number of carboxylic acid groups (broad SMARTS) is 1. The Morgan fingerprint density at radius 2 is 1.70 bits per heavy atom. The lowest BCUT2D eigenvalue weighted by atomic mass is 10.0. The van der Waals surface area contributed by atoms with Crippen molar-refractivity contribution in [3.63, 3.8) is 0 Å². The van der Waals surface area contributed by atoms with Gasteiger partial charge in [0.2, 0.25) is 11.6 Å². The summed E-state index contributed by atoms with van der Waals surface area (Å²) in [7, 11) is 0. The number of nitrogens with one attached hydrogen (secondary N) is 3. The molecule has 0 radical (unpaired) electrons. The van der Waals surface area contributed by atoms with Gasteiger partial charge in [-0.2, -0.15) is 4.52 Å². The molecule has 0 aliphatic heterocycles. The van der Waals surface area contributed by atoms with E-state index in [-0.39, 0.29) is 52.5 Å². The van der Waals surface area contributed by atoms with Gasteiger partial charge in [-0.05, 0) is 35.4 Å². The van der Waals surface area contributed by atoms with E-state index in [0.29, 0.717) is 5.56 Å². The van der Waals surface area contributed by atoms with Gasteiger partial charge in [0.15, 0.2) is 0 Å². The highest BCUT2D eigenvalue weighted by atomic mass is 19.1. The van der Waals surface area contributed by atoms with Crippen LogP contribution < -0.4 is 38.3 Å². The molecule has 2 heterocycles. The summed E-state index contributed by atoms with van der Waals surface area (Å²) in [4.78, 5) is 76.6. The van der Waals surface area contributed by atoms with Crippen molar-refractivity contribution in [3.8, 4) is 5.88 Å². The Morgan fingerprint density at radius 1 is 0.978 bits per heavy atom. The highest BCUT2D eigenvalue weighted by molar-refractivity contribution is 6.00. The molecule has 3 aromatic carbocycles. The normalized spacial score (nSPS) is 11.7. The summed E-state index contributed by atoms with van der Waals surface area (Å²) in [5.41, 5.74) is 8.48. The van der Waals surface area contributed by atoms with Crippen LogP contribution in [-0.4, -0.2) is 53.7 Å². The Balaban J connectivity index is 1.34. The highest BCUT2D eigenvalue weighted by Gasteiger charge is 2.25. The molecule has 0 unspecified atom stereocenters. The number of anilines is 2. The van der Waals surface area contributed by atoms with Gasteiger partial charge in [0, 0.05) is 24.7 Å². The number of carboxylic acids is 1. The fourth-order valence-corrected chi connectivity index (χ4v) is 4.40. The number of aromatic carboxylic acids is 1. The number of hydrogen-bond donors (Lipinski definition) is 7. The molecule has 0 bridgehead atoms. The minimum absolute atomic E-state index is 0.0658. The number of rotatable bonds is 11. The summed E-state index contributed by atoms with van der Waals surface area (Å²) >= 11 is 0. The minimum Gasteiger partial charge on any atom is -0.489 e. The van der Waals surface area contributed by atoms with Gasteiger partial charge in [-0.25, -0.2) is 14.2 Å². The first kappa shape index (κ1) is 30.7. The van der Waals surface area contributed by atoms with E-state index >= 15 is 0 Å². The molecular weight excluding hydrogens is 609 g/mol. The SMILES string of the molecule is NC(=O)[C@H](NC(=O)c1cc(C(=O)NCc2ccc(F)c(CNc3c(N)c(=O)c3=O)c2)n2nnc(O)c2n1)c1ccc(C(=O)O)cc1. The lowest BCUT2D eigenvalue weighted by Crippen LogP contribution is -2.38. The topological polar surface area (TPSA) is 274 Å². The smallest absolute Gasteiger partial charge is 0.335 e. The number of nitrogens with zero attached hydrogens (tertiary/aromatic N) is 4. The molecule has 2 aromatic heterocycles. The van der Waals surface area contributed by atoms with Gasteiger partial charge in [-0.3, -0.25) is 24.0 Å². The lowest BCUT2D eigenvalue weighted by molar-refractivity contribution is -0.120. The molecule has 17 nitrogen and oxygen atoms in total. The van der Waals surface area contributed by atoms with Crippen molar-refractivity contribution in [2.75, 3.05) is 11.1 Å². The van der Waals surface area contributed by atoms with E-state index < -0.39 is 58.0 Å². The lowest BCUT2D eigenvalue weighted by Gasteiger charge is -2.16. The number of benzene rings is 2. The van der Waals surface area contributed by atoms with Crippen LogP contribution in [0.3, 0.4) is 0 Å². The largest absolute Gasteiger partial charge is 0.489 e. The van der Waals surface area contributed by atoms with Crippen LogP contribution in [0, 0.1) is 5.82 Å². The van der Waals surface area contributed by atoms with Gasteiger partial charge < -0.3 is 37.6 Å². The number of fused-ring (bicyclic) bond motifs is 1. The van der Waals surface area contributed by atoms with E-state index in [1.807, 2.05) is 0 Å². The molecule has 0 spiro atoms. The Hall–Kier alpha value is -6.72. The number of nitrogen functional groups attached to an aromatic ring is 1. The first-order valence-corrected chi connectivity index (χ1v) is 13.1. The van der Waals surface area contributed by atoms with Crippen LogP contribution in [0.5, 0.6) is 5.88 Å². The zero-order chi connectivity index (χ0) is 33.3. The van der Waals surface area contributed by atoms with E-state index in [9.17, 15) is 38.3 Å². The number of carbonyl (C=O) groups excluding carboxylic acids is 3. The molecule has 234 valence electrons. The number of primary amides is 1. The molecule has 46 heavy (non-hydrogen) atoms. The van der Waals surface area contributed by atoms with Crippen molar-refractivity contribution in [2.45, 2.75) is 19.1 Å². The monoisotopic (exact) mass is 631 g/mol. The molecule has 0 aliphatic rings. The van der Waals surface area contributed by atoms with Crippen LogP contribution in [0.4, 0.5) is 15.8 Å². The van der Waals surface area contributed by atoms with Crippen molar-refractivity contribution in [1.29, 1.82) is 0 Å². The van der Waals surface area contributed by atoms with E-state index in [1.54, 1.807) is 0 Å². The quantitative estimate of drug-likeness (QED) is 0.0893. The Bertz CT molecular complexity index is 2120. The standard InChI is InChI=1S/C28H22FN9O8/c29-15-6-1-11(7-14(15)10-32-20-18(30)21(39)22(20)40)9-33-26(43)17-8-16(34-24-27(44)36-37-38(17)24)25(42)35-19(23(31)41)12-2-4-13(5-3-12)28(45)46/h1-8,19,32,44H,9-10,30H2,(H2,31,41)(H,33,43)(H,35,42)(H,45,46)/t19-/m1/s1. The number of halogens is 1. The second kappa shape index (κ2) is 12.1. The maximum atomic E-state index is 14.4. The Kier molecular flexibility index (Phi) is 8.09. The second-order valence-electron chi connectivity index (χ2n) is 9.82. The summed E-state index contributed by atoms with van der Waals surface area (Å²) in [6.07, 6.45) is 0. The molecule has 0 aliphatic carbocycles. The van der Waals surface area contributed by atoms with Crippen molar-refractivity contribution >= 4 is 40.7 Å². The van der Waals surface area contributed by atoms with Gasteiger partial charge in [0.05, 0.1) is 5.56 Å². The number of nitrogens with two attached hydrogens (primary N) is 2. The van der Waals surface area contributed by atoms with Crippen LogP contribution in [0.2, 0.25) is 0 Å². The third kappa shape index (κ3) is 5.89. The fraction of sp³-hybridized carbons (Fsp3) is 0.107. The minimum atomic E-state index is -1.42. The predicted octanol–water partition coefficient (Wildman–Crippen LogP) is -0.656. The molecule has 9 N–H and O–H groups in total. The summed E-state index contributed by atoms with van der Waals surface area (Å²) < 4.78 is 15.3. The Morgan fingerprint density at radius 3 is 2.35 bits per heavy atom. The zero-order valence-corrected chi connectivity index (χ0v) is 23.3. The molecule has 0 saturated heterocycles. The number of aromatic hydroxyl groups is 1. The fourth-order valence-electron chi connectivity index (χ4n) is 4.40. The van der Waals surface area contributed by atoms with Gasteiger partial charge in [-0.1, -0.05) is 28.5 Å². The summed E-state index contributed by atoms with van der Waals surface area (Å²) in [6, 6.07) is 8.54. The van der Waals surface area contributed by atoms with Crippen molar-refractivity contribution in [3.05, 3.63) is 108 Å². The molecule has 1 atom stereocenters. The van der Waals surface area contributed by atoms with Crippen LogP contribution >= 0.6 is 0 Å². The highest BCUT2D eigenvalue weighted by Crippen LogP contribution is 2.19. The predicted molar refractivity (Wildman–Crippen MR) is 156 cm³/mol. The van der Waals surface area contributed by atoms with E-state index in [1.165, 1.54) is 36.4 Å². The van der Waals surface area contributed by atoms with E-state index in [4.69, 9.17) is 16.6 Å². The van der Waals surface area contributed by atoms with E-state index in [2.05, 4.69) is 31.2 Å². The van der Waals surface area contributed by atoms with E-state index in [0.717, 1.165) is 16.6 Å². The third-order valence-corrected chi connectivity index (χ3v) is 6.84. The van der Waals surface area contributed by atoms with Crippen molar-refractivity contribution in [2.24, 2.45) is 5.73 Å². The molecule has 5 aromatic rings. The molecule has 0 fully saturated rings. The summed E-state index contributed by atoms with van der Waals surface area (Å²) in [5, 5.41) is 33.9. The number of carbonyl (C=O) groups is 4. The van der Waals surface area contributed by atoms with Gasteiger partial charge in [0.1, 0.15) is 34.6 Å².